The van der Waals surface area contributed by atoms with Crippen LogP contribution in [-0.2, 0) is 11.3 Å². The Morgan fingerprint density at radius 3 is 3.05 bits per heavy atom. The minimum absolute atomic E-state index is 0.0286. The van der Waals surface area contributed by atoms with Crippen LogP contribution in [0.15, 0.2) is 35.4 Å². The topological polar surface area (TPSA) is 67.2 Å². The Labute approximate surface area is 128 Å². The van der Waals surface area contributed by atoms with Crippen molar-refractivity contribution in [1.82, 2.24) is 19.8 Å². The number of rotatable bonds is 3. The van der Waals surface area contributed by atoms with Crippen LogP contribution in [0.1, 0.15) is 12.8 Å². The highest BCUT2D eigenvalue weighted by atomic mass is 16.2. The Balaban J connectivity index is 1.79. The summed E-state index contributed by atoms with van der Waals surface area (Å²) in [6, 6.07) is 7.52. The number of piperidine rings is 1. The number of nitrogens with zero attached hydrogens (tertiary/aromatic N) is 3. The summed E-state index contributed by atoms with van der Waals surface area (Å²) in [7, 11) is 1.91. The van der Waals surface area contributed by atoms with Crippen molar-refractivity contribution in [3.05, 3.63) is 40.9 Å². The molecule has 6 nitrogen and oxygen atoms in total. The van der Waals surface area contributed by atoms with E-state index >= 15 is 0 Å². The van der Waals surface area contributed by atoms with Crippen LogP contribution >= 0.6 is 0 Å². The zero-order chi connectivity index (χ0) is 15.5. The van der Waals surface area contributed by atoms with Gasteiger partial charge in [-0.25, -0.2) is 4.98 Å². The third-order valence-corrected chi connectivity index (χ3v) is 4.22. The van der Waals surface area contributed by atoms with Crippen LogP contribution in [0.3, 0.4) is 0 Å². The largest absolute Gasteiger partial charge is 0.340 e. The molecule has 0 spiro atoms. The van der Waals surface area contributed by atoms with Crippen molar-refractivity contribution in [3.63, 3.8) is 0 Å². The average Bonchev–Trinajstić information content (AvgIpc) is 2.57. The first kappa shape index (κ1) is 14.7. The number of nitrogens with one attached hydrogen (secondary N) is 1. The van der Waals surface area contributed by atoms with Gasteiger partial charge in [0.05, 0.1) is 17.2 Å². The lowest BCUT2D eigenvalue weighted by Crippen LogP contribution is -2.48. The second-order valence-electron chi connectivity index (χ2n) is 5.66. The highest BCUT2D eigenvalue weighted by Crippen LogP contribution is 2.10. The number of para-hydroxylation sites is 1. The summed E-state index contributed by atoms with van der Waals surface area (Å²) in [5, 5.41) is 3.76. The predicted molar refractivity (Wildman–Crippen MR) is 84.7 cm³/mol. The van der Waals surface area contributed by atoms with E-state index in [1.807, 2.05) is 18.0 Å². The highest BCUT2D eigenvalue weighted by Gasteiger charge is 2.22. The molecule has 6 heteroatoms. The molecule has 0 saturated carbocycles. The molecule has 0 aliphatic carbocycles. The van der Waals surface area contributed by atoms with E-state index < -0.39 is 0 Å². The van der Waals surface area contributed by atoms with Crippen LogP contribution in [0, 0.1) is 0 Å². The number of likely N-dealkylation sites (tertiary alicyclic amines) is 1. The van der Waals surface area contributed by atoms with Crippen molar-refractivity contribution in [2.45, 2.75) is 25.4 Å². The number of amides is 1. The van der Waals surface area contributed by atoms with E-state index in [0.717, 1.165) is 19.4 Å². The zero-order valence-electron chi connectivity index (χ0n) is 12.7. The molecule has 22 heavy (non-hydrogen) atoms. The summed E-state index contributed by atoms with van der Waals surface area (Å²) >= 11 is 0. The molecule has 1 amide bonds. The summed E-state index contributed by atoms with van der Waals surface area (Å²) in [5.41, 5.74) is 0.491. The van der Waals surface area contributed by atoms with Gasteiger partial charge < -0.3 is 10.2 Å². The van der Waals surface area contributed by atoms with Crippen LogP contribution in [0.2, 0.25) is 0 Å². The Morgan fingerprint density at radius 1 is 1.41 bits per heavy atom. The number of fused-ring (bicyclic) bond motifs is 1. The van der Waals surface area contributed by atoms with Gasteiger partial charge >= 0.3 is 0 Å². The van der Waals surface area contributed by atoms with Crippen molar-refractivity contribution < 1.29 is 4.79 Å². The SMILES string of the molecule is CNC1CCCN(C(=O)Cn2cnc3ccccc3c2=O)C1. The van der Waals surface area contributed by atoms with Crippen LogP contribution < -0.4 is 10.9 Å². The van der Waals surface area contributed by atoms with Gasteiger partial charge in [0.25, 0.3) is 5.56 Å². The van der Waals surface area contributed by atoms with Crippen LogP contribution in [0.5, 0.6) is 0 Å². The Kier molecular flexibility index (Phi) is 4.20. The van der Waals surface area contributed by atoms with Crippen LogP contribution in [-0.4, -0.2) is 46.5 Å². The average molecular weight is 300 g/mol. The second-order valence-corrected chi connectivity index (χ2v) is 5.66. The van der Waals surface area contributed by atoms with E-state index in [-0.39, 0.29) is 18.0 Å². The fourth-order valence-electron chi connectivity index (χ4n) is 2.90. The van der Waals surface area contributed by atoms with Crippen molar-refractivity contribution in [2.75, 3.05) is 20.1 Å². The summed E-state index contributed by atoms with van der Waals surface area (Å²) in [4.78, 5) is 30.9. The first-order valence-electron chi connectivity index (χ1n) is 7.58. The molecular weight excluding hydrogens is 280 g/mol. The lowest BCUT2D eigenvalue weighted by Gasteiger charge is -2.32. The molecule has 1 unspecified atom stereocenters. The molecule has 116 valence electrons. The van der Waals surface area contributed by atoms with Gasteiger partial charge in [0, 0.05) is 19.1 Å². The molecule has 1 aliphatic heterocycles. The predicted octanol–water partition coefficient (Wildman–Crippen LogP) is 0.607. The molecule has 2 heterocycles. The standard InChI is InChI=1S/C16H20N4O2/c1-17-12-5-4-8-19(9-12)15(21)10-20-11-18-14-7-3-2-6-13(14)16(20)22/h2-3,6-7,11-12,17H,4-5,8-10H2,1H3. The van der Waals surface area contributed by atoms with Gasteiger partial charge in [0.2, 0.25) is 5.91 Å². The number of benzene rings is 1. The number of aromatic nitrogens is 2. The van der Waals surface area contributed by atoms with Gasteiger partial charge in [0.1, 0.15) is 6.54 Å². The number of carbonyl (C=O) groups is 1. The molecule has 1 N–H and O–H groups in total. The number of hydrogen-bond donors (Lipinski definition) is 1. The molecule has 3 rings (SSSR count). The van der Waals surface area contributed by atoms with E-state index in [9.17, 15) is 9.59 Å². The molecule has 1 fully saturated rings. The molecule has 1 aromatic carbocycles. The van der Waals surface area contributed by atoms with Gasteiger partial charge in [-0.1, -0.05) is 12.1 Å². The third kappa shape index (κ3) is 2.87. The van der Waals surface area contributed by atoms with Gasteiger partial charge in [-0.3, -0.25) is 14.2 Å². The Hall–Kier alpha value is -2.21. The van der Waals surface area contributed by atoms with Gasteiger partial charge in [-0.2, -0.15) is 0 Å². The van der Waals surface area contributed by atoms with Crippen molar-refractivity contribution in [3.8, 4) is 0 Å². The minimum atomic E-state index is -0.166. The zero-order valence-corrected chi connectivity index (χ0v) is 12.7. The van der Waals surface area contributed by atoms with Crippen molar-refractivity contribution in [2.24, 2.45) is 0 Å². The third-order valence-electron chi connectivity index (χ3n) is 4.22. The van der Waals surface area contributed by atoms with Crippen molar-refractivity contribution in [1.29, 1.82) is 0 Å². The summed E-state index contributed by atoms with van der Waals surface area (Å²) in [6.07, 6.45) is 3.53. The smallest absolute Gasteiger partial charge is 0.261 e. The molecule has 1 atom stereocenters. The number of likely N-dealkylation sites (N-methyl/N-ethyl adjacent to an activating group) is 1. The van der Waals surface area contributed by atoms with E-state index in [1.165, 1.54) is 10.9 Å². The summed E-state index contributed by atoms with van der Waals surface area (Å²) < 4.78 is 1.40. The normalized spacial score (nSPS) is 18.6. The van der Waals surface area contributed by atoms with E-state index in [4.69, 9.17) is 0 Å². The van der Waals surface area contributed by atoms with E-state index in [1.54, 1.807) is 18.2 Å². The van der Waals surface area contributed by atoms with Gasteiger partial charge in [-0.05, 0) is 32.0 Å². The summed E-state index contributed by atoms with van der Waals surface area (Å²) in [6.45, 7) is 1.50. The first-order valence-corrected chi connectivity index (χ1v) is 7.58. The fraction of sp³-hybridized carbons (Fsp3) is 0.438. The van der Waals surface area contributed by atoms with E-state index in [0.29, 0.717) is 23.5 Å². The maximum atomic E-state index is 12.4. The van der Waals surface area contributed by atoms with Gasteiger partial charge in [-0.15, -0.1) is 0 Å². The minimum Gasteiger partial charge on any atom is -0.340 e. The molecule has 0 bridgehead atoms. The van der Waals surface area contributed by atoms with Crippen LogP contribution in [0.4, 0.5) is 0 Å². The lowest BCUT2D eigenvalue weighted by molar-refractivity contribution is -0.133. The maximum Gasteiger partial charge on any atom is 0.261 e. The lowest BCUT2D eigenvalue weighted by atomic mass is 10.1. The number of hydrogen-bond acceptors (Lipinski definition) is 4. The van der Waals surface area contributed by atoms with E-state index in [2.05, 4.69) is 10.3 Å². The molecule has 1 aliphatic rings. The van der Waals surface area contributed by atoms with Crippen molar-refractivity contribution >= 4 is 16.8 Å². The fourth-order valence-corrected chi connectivity index (χ4v) is 2.90. The molecule has 0 radical (unpaired) electrons. The summed E-state index contributed by atoms with van der Waals surface area (Å²) in [5.74, 6) is -0.0286. The molecule has 1 saturated heterocycles. The van der Waals surface area contributed by atoms with Gasteiger partial charge in [0.15, 0.2) is 0 Å². The maximum absolute atomic E-state index is 12.4. The highest BCUT2D eigenvalue weighted by molar-refractivity contribution is 5.79. The monoisotopic (exact) mass is 300 g/mol. The molecular formula is C16H20N4O2. The molecule has 1 aromatic heterocycles. The Bertz CT molecular complexity index is 740. The first-order chi connectivity index (χ1) is 10.7. The number of carbonyl (C=O) groups excluding carboxylic acids is 1. The quantitative estimate of drug-likeness (QED) is 0.902. The molecule has 2 aromatic rings. The Morgan fingerprint density at radius 2 is 2.23 bits per heavy atom. The second kappa shape index (κ2) is 6.27. The van der Waals surface area contributed by atoms with Crippen LogP contribution in [0.25, 0.3) is 10.9 Å².